The molecule has 0 radical (unpaired) electrons. The Morgan fingerprint density at radius 1 is 1.24 bits per heavy atom. The normalized spacial score (nSPS) is 11.2. The van der Waals surface area contributed by atoms with Gasteiger partial charge in [0.15, 0.2) is 0 Å². The molecule has 2 aromatic heterocycles. The maximum absolute atomic E-state index is 5.32. The third-order valence-corrected chi connectivity index (χ3v) is 2.57. The molecule has 0 aliphatic carbocycles. The third kappa shape index (κ3) is 1.91. The van der Waals surface area contributed by atoms with Crippen molar-refractivity contribution in [3.05, 3.63) is 41.4 Å². The second-order valence-electron chi connectivity index (χ2n) is 4.10. The van der Waals surface area contributed by atoms with Crippen LogP contribution in [0.3, 0.4) is 0 Å². The Kier molecular flexibility index (Phi) is 2.18. The molecule has 0 amide bonds. The predicted molar refractivity (Wildman–Crippen MR) is 62.7 cm³/mol. The van der Waals surface area contributed by atoms with Crippen molar-refractivity contribution in [2.24, 2.45) is 0 Å². The van der Waals surface area contributed by atoms with Crippen molar-refractivity contribution in [2.75, 3.05) is 0 Å². The second kappa shape index (κ2) is 3.69. The van der Waals surface area contributed by atoms with Gasteiger partial charge in [-0.3, -0.25) is 0 Å². The maximum Gasteiger partial charge on any atom is 0.224 e. The molecule has 0 fully saturated rings. The number of aromatic amines is 1. The summed E-state index contributed by atoms with van der Waals surface area (Å²) in [5, 5.41) is 7.74. The van der Waals surface area contributed by atoms with Gasteiger partial charge in [0.1, 0.15) is 5.82 Å². The zero-order valence-corrected chi connectivity index (χ0v) is 9.69. The largest absolute Gasteiger partial charge is 0.425 e. The summed E-state index contributed by atoms with van der Waals surface area (Å²) in [4.78, 5) is 7.73. The van der Waals surface area contributed by atoms with Crippen molar-refractivity contribution in [1.29, 1.82) is 0 Å². The highest BCUT2D eigenvalue weighted by atomic mass is 16.4. The van der Waals surface area contributed by atoms with Gasteiger partial charge in [0.25, 0.3) is 0 Å². The first-order valence-corrected chi connectivity index (χ1v) is 5.45. The smallest absolute Gasteiger partial charge is 0.224 e. The fraction of sp³-hybridized carbons (Fsp3) is 0.250. The second-order valence-corrected chi connectivity index (χ2v) is 4.10. The lowest BCUT2D eigenvalue weighted by molar-refractivity contribution is 0.475. The molecule has 17 heavy (non-hydrogen) atoms. The fourth-order valence-corrected chi connectivity index (χ4v) is 1.81. The zero-order chi connectivity index (χ0) is 11.8. The number of fused-ring (bicyclic) bond motifs is 1. The monoisotopic (exact) mass is 228 g/mol. The Hall–Kier alpha value is -2.17. The minimum absolute atomic E-state index is 0.536. The van der Waals surface area contributed by atoms with Gasteiger partial charge in [0, 0.05) is 6.92 Å². The van der Waals surface area contributed by atoms with Crippen molar-refractivity contribution >= 4 is 11.0 Å². The molecule has 0 unspecified atom stereocenters. The number of nitrogens with one attached hydrogen (secondary N) is 1. The molecule has 0 atom stereocenters. The number of benzene rings is 1. The maximum atomic E-state index is 5.32. The van der Waals surface area contributed by atoms with Crippen molar-refractivity contribution in [3.8, 4) is 0 Å². The summed E-state index contributed by atoms with van der Waals surface area (Å²) in [6.07, 6.45) is 0.536. The van der Waals surface area contributed by atoms with E-state index < -0.39 is 0 Å². The van der Waals surface area contributed by atoms with Gasteiger partial charge in [-0.1, -0.05) is 6.07 Å². The number of hydrogen-bond acceptors (Lipinski definition) is 4. The molecule has 2 heterocycles. The van der Waals surface area contributed by atoms with E-state index in [9.17, 15) is 0 Å². The van der Waals surface area contributed by atoms with E-state index >= 15 is 0 Å². The summed E-state index contributed by atoms with van der Waals surface area (Å²) in [6, 6.07) is 6.12. The summed E-state index contributed by atoms with van der Waals surface area (Å²) in [5.41, 5.74) is 3.21. The number of H-pyrrole nitrogens is 1. The molecule has 0 spiro atoms. The first-order valence-electron chi connectivity index (χ1n) is 5.45. The van der Waals surface area contributed by atoms with Gasteiger partial charge in [0.2, 0.25) is 11.8 Å². The standard InChI is InChI=1S/C12H12N4O/c1-7-3-4-9-10(5-7)14-11(13-9)6-12-16-15-8(2)17-12/h3-5H,6H2,1-2H3,(H,13,14). The summed E-state index contributed by atoms with van der Waals surface area (Å²) >= 11 is 0. The first-order chi connectivity index (χ1) is 8.20. The predicted octanol–water partition coefficient (Wildman–Crippen LogP) is 2.15. The van der Waals surface area contributed by atoms with E-state index in [-0.39, 0.29) is 0 Å². The molecule has 0 bridgehead atoms. The van der Waals surface area contributed by atoms with Crippen molar-refractivity contribution < 1.29 is 4.42 Å². The van der Waals surface area contributed by atoms with E-state index in [1.807, 2.05) is 12.1 Å². The molecule has 86 valence electrons. The highest BCUT2D eigenvalue weighted by Gasteiger charge is 2.08. The van der Waals surface area contributed by atoms with Gasteiger partial charge in [-0.15, -0.1) is 10.2 Å². The van der Waals surface area contributed by atoms with Gasteiger partial charge >= 0.3 is 0 Å². The molecule has 3 rings (SSSR count). The van der Waals surface area contributed by atoms with E-state index in [4.69, 9.17) is 4.42 Å². The molecule has 0 aliphatic heterocycles. The summed E-state index contributed by atoms with van der Waals surface area (Å²) in [7, 11) is 0. The molecule has 1 aromatic carbocycles. The summed E-state index contributed by atoms with van der Waals surface area (Å²) < 4.78 is 5.32. The van der Waals surface area contributed by atoms with Crippen LogP contribution in [0.1, 0.15) is 23.2 Å². The van der Waals surface area contributed by atoms with Crippen LogP contribution in [-0.2, 0) is 6.42 Å². The lowest BCUT2D eigenvalue weighted by Crippen LogP contribution is -1.90. The lowest BCUT2D eigenvalue weighted by atomic mass is 10.2. The number of hydrogen-bond donors (Lipinski definition) is 1. The summed E-state index contributed by atoms with van der Waals surface area (Å²) in [5.74, 6) is 2.00. The zero-order valence-electron chi connectivity index (χ0n) is 9.69. The molecule has 5 nitrogen and oxygen atoms in total. The first kappa shape index (κ1) is 10.0. The average molecular weight is 228 g/mol. The number of rotatable bonds is 2. The van der Waals surface area contributed by atoms with Crippen LogP contribution < -0.4 is 0 Å². The van der Waals surface area contributed by atoms with E-state index in [0.717, 1.165) is 16.9 Å². The number of nitrogens with zero attached hydrogens (tertiary/aromatic N) is 3. The molecule has 5 heteroatoms. The van der Waals surface area contributed by atoms with Crippen molar-refractivity contribution in [3.63, 3.8) is 0 Å². The molecule has 0 aliphatic rings. The molecule has 0 saturated heterocycles. The third-order valence-electron chi connectivity index (χ3n) is 2.57. The Morgan fingerprint density at radius 3 is 2.88 bits per heavy atom. The van der Waals surface area contributed by atoms with Gasteiger partial charge in [0.05, 0.1) is 17.5 Å². The van der Waals surface area contributed by atoms with Crippen LogP contribution in [0, 0.1) is 13.8 Å². The SMILES string of the molecule is Cc1ccc2nc(Cc3nnc(C)o3)[nH]c2c1. The van der Waals surface area contributed by atoms with Crippen LogP contribution in [0.25, 0.3) is 11.0 Å². The van der Waals surface area contributed by atoms with Crippen LogP contribution in [0.2, 0.25) is 0 Å². The molecular formula is C12H12N4O. The molecular weight excluding hydrogens is 216 g/mol. The number of aromatic nitrogens is 4. The Bertz CT molecular complexity index is 668. The van der Waals surface area contributed by atoms with E-state index in [1.54, 1.807) is 6.92 Å². The van der Waals surface area contributed by atoms with E-state index in [0.29, 0.717) is 18.2 Å². The molecule has 0 saturated carbocycles. The van der Waals surface area contributed by atoms with Gasteiger partial charge in [-0.05, 0) is 24.6 Å². The lowest BCUT2D eigenvalue weighted by Gasteiger charge is -1.89. The number of imidazole rings is 1. The van der Waals surface area contributed by atoms with Gasteiger partial charge < -0.3 is 9.40 Å². The van der Waals surface area contributed by atoms with Crippen LogP contribution >= 0.6 is 0 Å². The number of aryl methyl sites for hydroxylation is 2. The van der Waals surface area contributed by atoms with Crippen LogP contribution in [0.5, 0.6) is 0 Å². The quantitative estimate of drug-likeness (QED) is 0.729. The summed E-state index contributed by atoms with van der Waals surface area (Å²) in [6.45, 7) is 3.83. The van der Waals surface area contributed by atoms with Crippen molar-refractivity contribution in [1.82, 2.24) is 20.2 Å². The minimum Gasteiger partial charge on any atom is -0.425 e. The van der Waals surface area contributed by atoms with Crippen LogP contribution in [-0.4, -0.2) is 20.2 Å². The highest BCUT2D eigenvalue weighted by Crippen LogP contribution is 2.15. The molecule has 1 N–H and O–H groups in total. The Morgan fingerprint density at radius 2 is 2.12 bits per heavy atom. The Balaban J connectivity index is 1.95. The highest BCUT2D eigenvalue weighted by molar-refractivity contribution is 5.75. The average Bonchev–Trinajstić information content (AvgIpc) is 2.84. The van der Waals surface area contributed by atoms with Gasteiger partial charge in [-0.25, -0.2) is 4.98 Å². The van der Waals surface area contributed by atoms with Crippen LogP contribution in [0.15, 0.2) is 22.6 Å². The fourth-order valence-electron chi connectivity index (χ4n) is 1.81. The van der Waals surface area contributed by atoms with Crippen molar-refractivity contribution in [2.45, 2.75) is 20.3 Å². The van der Waals surface area contributed by atoms with E-state index in [2.05, 4.69) is 33.2 Å². The van der Waals surface area contributed by atoms with Gasteiger partial charge in [-0.2, -0.15) is 0 Å². The van der Waals surface area contributed by atoms with Crippen LogP contribution in [0.4, 0.5) is 0 Å². The molecule has 3 aromatic rings. The minimum atomic E-state index is 0.536. The Labute approximate surface area is 97.9 Å². The topological polar surface area (TPSA) is 67.6 Å². The van der Waals surface area contributed by atoms with E-state index in [1.165, 1.54) is 5.56 Å².